The minimum absolute atomic E-state index is 0.329. The second kappa shape index (κ2) is 4.65. The van der Waals surface area contributed by atoms with Gasteiger partial charge >= 0.3 is 0 Å². The summed E-state index contributed by atoms with van der Waals surface area (Å²) in [7, 11) is 2.38. The van der Waals surface area contributed by atoms with Crippen molar-refractivity contribution in [3.63, 3.8) is 0 Å². The van der Waals surface area contributed by atoms with Crippen LogP contribution in [0.15, 0.2) is 24.3 Å². The average molecular weight is 215 g/mol. The molecule has 1 radical (unpaired) electrons. The van der Waals surface area contributed by atoms with Crippen LogP contribution in [0, 0.1) is 17.8 Å². The zero-order valence-corrected chi connectivity index (χ0v) is 11.6. The van der Waals surface area contributed by atoms with Gasteiger partial charge in [0.05, 0.1) is 0 Å². The predicted octanol–water partition coefficient (Wildman–Crippen LogP) is 3.82. The molecular formula is C15H24B. The lowest BCUT2D eigenvalue weighted by atomic mass is 9.53. The average Bonchev–Trinajstić information content (AvgIpc) is 2.15. The summed E-state index contributed by atoms with van der Waals surface area (Å²) in [6, 6.07) is 8.59. The predicted molar refractivity (Wildman–Crippen MR) is 74.6 cm³/mol. The molecule has 0 aliphatic rings. The minimum Gasteiger partial charge on any atom is -0.0849 e. The summed E-state index contributed by atoms with van der Waals surface area (Å²) >= 11 is 0. The molecule has 0 saturated carbocycles. The van der Waals surface area contributed by atoms with Gasteiger partial charge in [0, 0.05) is 0 Å². The lowest BCUT2D eigenvalue weighted by Crippen LogP contribution is -2.33. The summed E-state index contributed by atoms with van der Waals surface area (Å²) in [4.78, 5) is 0. The Kier molecular flexibility index (Phi) is 3.88. The topological polar surface area (TPSA) is 0 Å². The molecular weight excluding hydrogens is 191 g/mol. The number of aryl methyl sites for hydroxylation is 1. The van der Waals surface area contributed by atoms with Crippen LogP contribution in [0.4, 0.5) is 0 Å². The van der Waals surface area contributed by atoms with Crippen LogP contribution in [0.2, 0.25) is 6.32 Å². The molecule has 87 valence electrons. The summed E-state index contributed by atoms with van der Waals surface area (Å²) in [5.41, 5.74) is 3.41. The highest BCUT2D eigenvalue weighted by Gasteiger charge is 2.32. The van der Waals surface area contributed by atoms with Crippen molar-refractivity contribution in [3.05, 3.63) is 29.8 Å². The Morgan fingerprint density at radius 2 is 1.56 bits per heavy atom. The van der Waals surface area contributed by atoms with Gasteiger partial charge < -0.3 is 0 Å². The van der Waals surface area contributed by atoms with Crippen molar-refractivity contribution in [2.75, 3.05) is 0 Å². The highest BCUT2D eigenvalue weighted by atomic mass is 14.3. The van der Waals surface area contributed by atoms with Gasteiger partial charge in [-0.3, -0.25) is 0 Å². The van der Waals surface area contributed by atoms with Crippen molar-refractivity contribution < 1.29 is 0 Å². The number of rotatable bonds is 3. The molecule has 0 unspecified atom stereocenters. The van der Waals surface area contributed by atoms with E-state index in [2.05, 4.69) is 73.1 Å². The summed E-state index contributed by atoms with van der Waals surface area (Å²) in [5.74, 6) is 0. The van der Waals surface area contributed by atoms with Crippen molar-refractivity contribution >= 4 is 12.7 Å². The Labute approximate surface area is 102 Å². The van der Waals surface area contributed by atoms with Crippen molar-refractivity contribution in [1.29, 1.82) is 0 Å². The molecule has 0 N–H and O–H groups in total. The SMILES string of the molecule is Cc1ccccc1[B]CC(C)(C)C(C)(C)C. The van der Waals surface area contributed by atoms with E-state index in [4.69, 9.17) is 0 Å². The highest BCUT2D eigenvalue weighted by Crippen LogP contribution is 2.40. The van der Waals surface area contributed by atoms with Crippen molar-refractivity contribution in [1.82, 2.24) is 0 Å². The first-order valence-electron chi connectivity index (χ1n) is 6.13. The fraction of sp³-hybridized carbons (Fsp3) is 0.600. The Morgan fingerprint density at radius 3 is 2.06 bits per heavy atom. The summed E-state index contributed by atoms with van der Waals surface area (Å²) < 4.78 is 0. The van der Waals surface area contributed by atoms with Gasteiger partial charge in [-0.2, -0.15) is 0 Å². The second-order valence-electron chi connectivity index (χ2n) is 6.40. The van der Waals surface area contributed by atoms with Crippen LogP contribution < -0.4 is 5.46 Å². The molecule has 0 atom stereocenters. The van der Waals surface area contributed by atoms with Crippen LogP contribution in [0.1, 0.15) is 40.2 Å². The van der Waals surface area contributed by atoms with Crippen LogP contribution in [0.5, 0.6) is 0 Å². The third-order valence-electron chi connectivity index (χ3n) is 4.05. The van der Waals surface area contributed by atoms with E-state index in [1.807, 2.05) is 0 Å². The van der Waals surface area contributed by atoms with Gasteiger partial charge in [-0.15, -0.1) is 0 Å². The van der Waals surface area contributed by atoms with E-state index in [1.54, 1.807) is 0 Å². The molecule has 1 rings (SSSR count). The van der Waals surface area contributed by atoms with E-state index in [1.165, 1.54) is 11.0 Å². The lowest BCUT2D eigenvalue weighted by Gasteiger charge is -2.39. The molecule has 0 aliphatic heterocycles. The maximum atomic E-state index is 2.38. The first-order chi connectivity index (χ1) is 7.24. The van der Waals surface area contributed by atoms with Crippen molar-refractivity contribution in [3.8, 4) is 0 Å². The van der Waals surface area contributed by atoms with Gasteiger partial charge in [-0.25, -0.2) is 0 Å². The maximum Gasteiger partial charge on any atom is 0.152 e. The van der Waals surface area contributed by atoms with Gasteiger partial charge in [0.2, 0.25) is 0 Å². The number of hydrogen-bond donors (Lipinski definition) is 0. The fourth-order valence-corrected chi connectivity index (χ4v) is 1.49. The van der Waals surface area contributed by atoms with Crippen LogP contribution >= 0.6 is 0 Å². The quantitative estimate of drug-likeness (QED) is 0.672. The second-order valence-corrected chi connectivity index (χ2v) is 6.40. The van der Waals surface area contributed by atoms with Crippen LogP contribution in [-0.2, 0) is 0 Å². The Hall–Kier alpha value is -0.715. The fourth-order valence-electron chi connectivity index (χ4n) is 1.49. The molecule has 0 spiro atoms. The van der Waals surface area contributed by atoms with Gasteiger partial charge in [-0.1, -0.05) is 76.2 Å². The molecule has 0 heterocycles. The largest absolute Gasteiger partial charge is 0.152 e. The molecule has 0 aromatic heterocycles. The molecule has 1 heteroatoms. The normalized spacial score (nSPS) is 12.6. The number of benzene rings is 1. The zero-order valence-electron chi connectivity index (χ0n) is 11.6. The van der Waals surface area contributed by atoms with E-state index >= 15 is 0 Å². The van der Waals surface area contributed by atoms with Gasteiger partial charge in [0.25, 0.3) is 0 Å². The summed E-state index contributed by atoms with van der Waals surface area (Å²) in [5, 5.41) is 0. The Bertz CT molecular complexity index is 345. The summed E-state index contributed by atoms with van der Waals surface area (Å²) in [6.45, 7) is 13.8. The third kappa shape index (κ3) is 3.14. The number of hydrogen-bond acceptors (Lipinski definition) is 0. The highest BCUT2D eigenvalue weighted by molar-refractivity contribution is 6.54. The van der Waals surface area contributed by atoms with Crippen LogP contribution in [0.3, 0.4) is 0 Å². The first kappa shape index (κ1) is 13.4. The van der Waals surface area contributed by atoms with E-state index in [-0.39, 0.29) is 0 Å². The maximum absolute atomic E-state index is 2.38. The van der Waals surface area contributed by atoms with E-state index in [9.17, 15) is 0 Å². The monoisotopic (exact) mass is 215 g/mol. The van der Waals surface area contributed by atoms with Crippen molar-refractivity contribution in [2.45, 2.75) is 47.9 Å². The molecule has 1 aromatic carbocycles. The van der Waals surface area contributed by atoms with Crippen LogP contribution in [-0.4, -0.2) is 7.28 Å². The molecule has 0 amide bonds. The minimum atomic E-state index is 0.329. The van der Waals surface area contributed by atoms with Gasteiger partial charge in [0.15, 0.2) is 7.28 Å². The molecule has 0 saturated heterocycles. The molecule has 1 aromatic rings. The molecule has 0 nitrogen and oxygen atoms in total. The molecule has 16 heavy (non-hydrogen) atoms. The standard InChI is InChI=1S/C15H24B/c1-12-9-7-8-10-13(12)16-11-15(5,6)14(2,3)4/h7-10H,11H2,1-6H3. The van der Waals surface area contributed by atoms with Gasteiger partial charge in [-0.05, 0) is 17.8 Å². The summed E-state index contributed by atoms with van der Waals surface area (Å²) in [6.07, 6.45) is 1.13. The van der Waals surface area contributed by atoms with E-state index in [0.29, 0.717) is 10.8 Å². The first-order valence-corrected chi connectivity index (χ1v) is 6.13. The third-order valence-corrected chi connectivity index (χ3v) is 4.05. The van der Waals surface area contributed by atoms with Gasteiger partial charge in [0.1, 0.15) is 0 Å². The van der Waals surface area contributed by atoms with E-state index in [0.717, 1.165) is 6.32 Å². The molecule has 0 bridgehead atoms. The smallest absolute Gasteiger partial charge is 0.0849 e. The Balaban J connectivity index is 2.69. The van der Waals surface area contributed by atoms with E-state index < -0.39 is 0 Å². The lowest BCUT2D eigenvalue weighted by molar-refractivity contribution is 0.157. The molecule has 0 aliphatic carbocycles. The zero-order chi connectivity index (χ0) is 12.4. The Morgan fingerprint density at radius 1 is 1.00 bits per heavy atom. The van der Waals surface area contributed by atoms with Crippen LogP contribution in [0.25, 0.3) is 0 Å². The van der Waals surface area contributed by atoms with Crippen molar-refractivity contribution in [2.24, 2.45) is 10.8 Å². The molecule has 0 fully saturated rings.